The van der Waals surface area contributed by atoms with Crippen LogP contribution >= 0.6 is 0 Å². The Morgan fingerprint density at radius 2 is 1.78 bits per heavy atom. The summed E-state index contributed by atoms with van der Waals surface area (Å²) < 4.78 is 5.57. The van der Waals surface area contributed by atoms with Crippen LogP contribution in [0.25, 0.3) is 0 Å². The predicted molar refractivity (Wildman–Crippen MR) is 143 cm³/mol. The van der Waals surface area contributed by atoms with Crippen LogP contribution in [0, 0.1) is 6.92 Å². The maximum Gasteiger partial charge on any atom is 0.323 e. The molecule has 0 saturated heterocycles. The highest BCUT2D eigenvalue weighted by Crippen LogP contribution is 2.36. The van der Waals surface area contributed by atoms with Crippen molar-refractivity contribution in [1.29, 1.82) is 0 Å². The zero-order chi connectivity index (χ0) is 27.0. The van der Waals surface area contributed by atoms with Gasteiger partial charge in [0, 0.05) is 31.6 Å². The first-order valence-electron chi connectivity index (χ1n) is 11.8. The molecule has 0 fully saturated rings. The Hall–Kier alpha value is -4.53. The fourth-order valence-electron chi connectivity index (χ4n) is 4.00. The highest BCUT2D eigenvalue weighted by molar-refractivity contribution is 6.01. The van der Waals surface area contributed by atoms with E-state index in [-0.39, 0.29) is 12.3 Å². The van der Waals surface area contributed by atoms with Gasteiger partial charge in [0.1, 0.15) is 5.75 Å². The highest BCUT2D eigenvalue weighted by atomic mass is 16.5. The van der Waals surface area contributed by atoms with Gasteiger partial charge in [-0.05, 0) is 60.9 Å². The molecule has 9 heteroatoms. The molecular formula is C28H32N4O5. The van der Waals surface area contributed by atoms with Gasteiger partial charge >= 0.3 is 12.0 Å². The van der Waals surface area contributed by atoms with Gasteiger partial charge in [0.15, 0.2) is 0 Å². The van der Waals surface area contributed by atoms with Crippen LogP contribution in [-0.4, -0.2) is 41.6 Å². The van der Waals surface area contributed by atoms with Gasteiger partial charge in [0.2, 0.25) is 5.91 Å². The van der Waals surface area contributed by atoms with Gasteiger partial charge in [-0.3, -0.25) is 9.59 Å². The largest absolute Gasteiger partial charge is 0.495 e. The van der Waals surface area contributed by atoms with E-state index in [0.29, 0.717) is 23.7 Å². The van der Waals surface area contributed by atoms with E-state index in [2.05, 4.69) is 16.0 Å². The van der Waals surface area contributed by atoms with Crippen molar-refractivity contribution in [2.45, 2.75) is 32.7 Å². The SMILES string of the molecule is COc1cc(C(C)(NC(C)=O)C2=CC=CN(CCC(=O)O)C=C2)ccc1NC(=O)Nc1ccccc1C. The van der Waals surface area contributed by atoms with Gasteiger partial charge in [-0.2, -0.15) is 0 Å². The summed E-state index contributed by atoms with van der Waals surface area (Å²) >= 11 is 0. The highest BCUT2D eigenvalue weighted by Gasteiger charge is 2.32. The summed E-state index contributed by atoms with van der Waals surface area (Å²) in [7, 11) is 1.51. The Morgan fingerprint density at radius 1 is 1.05 bits per heavy atom. The second-order valence-electron chi connectivity index (χ2n) is 8.78. The molecule has 4 N–H and O–H groups in total. The molecule has 0 aromatic heterocycles. The minimum Gasteiger partial charge on any atom is -0.495 e. The summed E-state index contributed by atoms with van der Waals surface area (Å²) in [5.41, 5.74) is 2.67. The van der Waals surface area contributed by atoms with Crippen molar-refractivity contribution >= 4 is 29.3 Å². The number of hydrogen-bond acceptors (Lipinski definition) is 5. The lowest BCUT2D eigenvalue weighted by Gasteiger charge is -2.33. The number of ether oxygens (including phenoxy) is 1. The minimum absolute atomic E-state index is 0.00391. The number of anilines is 2. The lowest BCUT2D eigenvalue weighted by molar-refractivity contribution is -0.137. The fourth-order valence-corrected chi connectivity index (χ4v) is 4.00. The number of aliphatic carboxylic acids is 1. The van der Waals surface area contributed by atoms with Gasteiger partial charge < -0.3 is 30.7 Å². The summed E-state index contributed by atoms with van der Waals surface area (Å²) in [5, 5.41) is 17.7. The van der Waals surface area contributed by atoms with Crippen molar-refractivity contribution in [3.05, 3.63) is 89.8 Å². The molecule has 9 nitrogen and oxygen atoms in total. The van der Waals surface area contributed by atoms with E-state index in [9.17, 15) is 14.4 Å². The normalized spacial score (nSPS) is 14.2. The van der Waals surface area contributed by atoms with Crippen molar-refractivity contribution in [3.8, 4) is 5.75 Å². The second kappa shape index (κ2) is 11.9. The van der Waals surface area contributed by atoms with E-state index in [0.717, 1.165) is 16.7 Å². The molecule has 0 radical (unpaired) electrons. The van der Waals surface area contributed by atoms with Crippen LogP contribution in [0.3, 0.4) is 0 Å². The number of para-hydroxylation sites is 1. The number of nitrogens with one attached hydrogen (secondary N) is 3. The number of allylic oxidation sites excluding steroid dienone is 2. The van der Waals surface area contributed by atoms with Crippen LogP contribution in [0.4, 0.5) is 16.2 Å². The standard InChI is InChI=1S/C28H32N4O5/c1-19-8-5-6-10-23(19)29-27(36)30-24-12-11-22(18-25(24)37-4)28(3,31-20(2)33)21-9-7-15-32(16-13-21)17-14-26(34)35/h5-13,15-16,18H,14,17H2,1-4H3,(H,31,33)(H,34,35)(H2,29,30,36). The third-order valence-corrected chi connectivity index (χ3v) is 6.01. The summed E-state index contributed by atoms with van der Waals surface area (Å²) in [6, 6.07) is 12.4. The monoisotopic (exact) mass is 504 g/mol. The number of hydrogen-bond donors (Lipinski definition) is 4. The van der Waals surface area contributed by atoms with Crippen molar-refractivity contribution in [3.63, 3.8) is 0 Å². The number of methoxy groups -OCH3 is 1. The van der Waals surface area contributed by atoms with Crippen molar-refractivity contribution in [2.24, 2.45) is 0 Å². The quantitative estimate of drug-likeness (QED) is 0.391. The Balaban J connectivity index is 1.88. The maximum atomic E-state index is 12.6. The van der Waals surface area contributed by atoms with Crippen molar-refractivity contribution < 1.29 is 24.2 Å². The number of urea groups is 1. The van der Waals surface area contributed by atoms with E-state index >= 15 is 0 Å². The molecule has 1 heterocycles. The van der Waals surface area contributed by atoms with Gasteiger partial charge in [0.25, 0.3) is 0 Å². The minimum atomic E-state index is -0.940. The summed E-state index contributed by atoms with van der Waals surface area (Å²) in [6.07, 6.45) is 9.06. The second-order valence-corrected chi connectivity index (χ2v) is 8.78. The number of carbonyl (C=O) groups is 3. The van der Waals surface area contributed by atoms with E-state index in [1.807, 2.05) is 56.3 Å². The molecule has 0 saturated carbocycles. The first-order valence-corrected chi connectivity index (χ1v) is 11.8. The molecule has 1 atom stereocenters. The molecule has 0 aliphatic carbocycles. The molecule has 2 aromatic rings. The smallest absolute Gasteiger partial charge is 0.323 e. The number of aryl methyl sites for hydroxylation is 1. The third kappa shape index (κ3) is 7.00. The number of rotatable bonds is 9. The van der Waals surface area contributed by atoms with Gasteiger partial charge in [-0.25, -0.2) is 4.79 Å². The zero-order valence-electron chi connectivity index (χ0n) is 21.4. The summed E-state index contributed by atoms with van der Waals surface area (Å²) in [4.78, 5) is 37.6. The topological polar surface area (TPSA) is 120 Å². The maximum absolute atomic E-state index is 12.6. The summed E-state index contributed by atoms with van der Waals surface area (Å²) in [6.45, 7) is 5.54. The zero-order valence-corrected chi connectivity index (χ0v) is 21.4. The van der Waals surface area contributed by atoms with E-state index in [1.54, 1.807) is 35.5 Å². The Labute approximate surface area is 216 Å². The molecule has 0 spiro atoms. The Morgan fingerprint density at radius 3 is 2.46 bits per heavy atom. The van der Waals surface area contributed by atoms with Crippen LogP contribution in [0.15, 0.2) is 78.7 Å². The Kier molecular flexibility index (Phi) is 8.73. The fraction of sp³-hybridized carbons (Fsp3) is 0.250. The Bertz CT molecular complexity index is 1270. The van der Waals surface area contributed by atoms with Crippen LogP contribution in [0.2, 0.25) is 0 Å². The van der Waals surface area contributed by atoms with Crippen LogP contribution in [0.1, 0.15) is 31.4 Å². The third-order valence-electron chi connectivity index (χ3n) is 6.01. The van der Waals surface area contributed by atoms with Crippen LogP contribution in [0.5, 0.6) is 5.75 Å². The van der Waals surface area contributed by atoms with Crippen molar-refractivity contribution in [1.82, 2.24) is 10.2 Å². The van der Waals surface area contributed by atoms with E-state index < -0.39 is 17.5 Å². The number of carboxylic acid groups (broad SMARTS) is 1. The molecule has 1 unspecified atom stereocenters. The average Bonchev–Trinajstić information content (AvgIpc) is 3.10. The molecule has 194 valence electrons. The average molecular weight is 505 g/mol. The predicted octanol–water partition coefficient (Wildman–Crippen LogP) is 4.74. The lowest BCUT2D eigenvalue weighted by Crippen LogP contribution is -2.43. The van der Waals surface area contributed by atoms with E-state index in [1.165, 1.54) is 14.0 Å². The van der Waals surface area contributed by atoms with E-state index in [4.69, 9.17) is 9.84 Å². The molecular weight excluding hydrogens is 472 g/mol. The first-order chi connectivity index (χ1) is 17.6. The molecule has 1 aliphatic rings. The first kappa shape index (κ1) is 27.1. The van der Waals surface area contributed by atoms with Crippen LogP contribution < -0.4 is 20.7 Å². The van der Waals surface area contributed by atoms with Crippen LogP contribution in [-0.2, 0) is 15.1 Å². The van der Waals surface area contributed by atoms with Gasteiger partial charge in [-0.15, -0.1) is 0 Å². The summed E-state index contributed by atoms with van der Waals surface area (Å²) in [5.74, 6) is -0.687. The molecule has 37 heavy (non-hydrogen) atoms. The number of amides is 3. The number of benzene rings is 2. The number of carbonyl (C=O) groups excluding carboxylic acids is 2. The number of carboxylic acids is 1. The molecule has 0 bridgehead atoms. The molecule has 2 aromatic carbocycles. The molecule has 1 aliphatic heterocycles. The van der Waals surface area contributed by atoms with Gasteiger partial charge in [-0.1, -0.05) is 30.3 Å². The molecule has 3 amide bonds. The lowest BCUT2D eigenvalue weighted by atomic mass is 9.83. The molecule has 3 rings (SSSR count). The number of nitrogens with zero attached hydrogens (tertiary/aromatic N) is 1. The van der Waals surface area contributed by atoms with Crippen molar-refractivity contribution in [2.75, 3.05) is 24.3 Å². The van der Waals surface area contributed by atoms with Gasteiger partial charge in [0.05, 0.1) is 24.8 Å².